The summed E-state index contributed by atoms with van der Waals surface area (Å²) in [7, 11) is 1.56. The van der Waals surface area contributed by atoms with Gasteiger partial charge in [-0.25, -0.2) is 9.97 Å². The number of hydrogen-bond acceptors (Lipinski definition) is 8. The minimum atomic E-state index is -0.508. The molecule has 0 aliphatic heterocycles. The molecule has 9 heteroatoms. The quantitative estimate of drug-likeness (QED) is 0.347. The molecule has 1 heterocycles. The molecule has 1 aromatic heterocycles. The highest BCUT2D eigenvalue weighted by Crippen LogP contribution is 2.31. The van der Waals surface area contributed by atoms with Gasteiger partial charge in [-0.3, -0.25) is 10.1 Å². The minimum Gasteiger partial charge on any atom is -0.494 e. The van der Waals surface area contributed by atoms with E-state index in [4.69, 9.17) is 9.47 Å². The molecule has 0 amide bonds. The average molecular weight is 375 g/mol. The van der Waals surface area contributed by atoms with Gasteiger partial charge in [-0.15, -0.1) is 0 Å². The topological polar surface area (TPSA) is 111 Å². The molecule has 0 saturated carbocycles. The first kappa shape index (κ1) is 20.4. The Balaban J connectivity index is 2.16. The zero-order valence-corrected chi connectivity index (χ0v) is 15.8. The van der Waals surface area contributed by atoms with Gasteiger partial charge >= 0.3 is 5.69 Å². The number of rotatable bonds is 11. The van der Waals surface area contributed by atoms with Gasteiger partial charge in [0, 0.05) is 18.8 Å². The Bertz CT molecular complexity index is 739. The first-order chi connectivity index (χ1) is 13.0. The molecule has 2 N–H and O–H groups in total. The molecule has 146 valence electrons. The normalized spacial score (nSPS) is 11.7. The summed E-state index contributed by atoms with van der Waals surface area (Å²) in [5.41, 5.74) is 0.444. The average Bonchev–Trinajstić information content (AvgIpc) is 2.63. The van der Waals surface area contributed by atoms with Crippen LogP contribution in [0.4, 0.5) is 23.0 Å². The van der Waals surface area contributed by atoms with Crippen LogP contribution in [-0.4, -0.2) is 41.3 Å². The molecule has 1 atom stereocenters. The molecule has 0 radical (unpaired) electrons. The Morgan fingerprint density at radius 2 is 1.93 bits per heavy atom. The van der Waals surface area contributed by atoms with E-state index in [0.29, 0.717) is 18.9 Å². The van der Waals surface area contributed by atoms with E-state index in [9.17, 15) is 10.1 Å². The van der Waals surface area contributed by atoms with Crippen molar-refractivity contribution in [3.63, 3.8) is 0 Å². The number of nitro groups is 1. The van der Waals surface area contributed by atoms with Crippen LogP contribution < -0.4 is 15.4 Å². The second-order valence-corrected chi connectivity index (χ2v) is 6.03. The molecule has 9 nitrogen and oxygen atoms in total. The van der Waals surface area contributed by atoms with Crippen molar-refractivity contribution in [3.05, 3.63) is 40.7 Å². The number of aromatic nitrogens is 2. The molecule has 0 saturated heterocycles. The Hall–Kier alpha value is -2.94. The van der Waals surface area contributed by atoms with Gasteiger partial charge in [0.2, 0.25) is 11.6 Å². The van der Waals surface area contributed by atoms with Gasteiger partial charge < -0.3 is 20.1 Å². The third kappa shape index (κ3) is 6.07. The summed E-state index contributed by atoms with van der Waals surface area (Å²) >= 11 is 0. The van der Waals surface area contributed by atoms with Crippen molar-refractivity contribution >= 4 is 23.0 Å². The number of nitrogens with one attached hydrogen (secondary N) is 2. The minimum absolute atomic E-state index is 0.113. The molecule has 1 unspecified atom stereocenters. The number of nitrogens with zero attached hydrogens (tertiary/aromatic N) is 3. The van der Waals surface area contributed by atoms with Crippen LogP contribution in [0.1, 0.15) is 26.7 Å². The first-order valence-electron chi connectivity index (χ1n) is 8.79. The van der Waals surface area contributed by atoms with Crippen LogP contribution in [0.2, 0.25) is 0 Å². The van der Waals surface area contributed by atoms with Crippen molar-refractivity contribution in [2.75, 3.05) is 31.0 Å². The van der Waals surface area contributed by atoms with Crippen LogP contribution in [0.15, 0.2) is 30.6 Å². The van der Waals surface area contributed by atoms with E-state index in [2.05, 4.69) is 27.5 Å². The molecule has 0 bridgehead atoms. The van der Waals surface area contributed by atoms with E-state index in [1.54, 1.807) is 19.2 Å². The van der Waals surface area contributed by atoms with Crippen molar-refractivity contribution in [1.82, 2.24) is 9.97 Å². The fraction of sp³-hybridized carbons (Fsp3) is 0.444. The highest BCUT2D eigenvalue weighted by atomic mass is 16.6. The lowest BCUT2D eigenvalue weighted by atomic mass is 10.3. The fourth-order valence-corrected chi connectivity index (χ4v) is 2.38. The maximum Gasteiger partial charge on any atom is 0.353 e. The van der Waals surface area contributed by atoms with Gasteiger partial charge in [0.25, 0.3) is 0 Å². The van der Waals surface area contributed by atoms with Crippen LogP contribution >= 0.6 is 0 Å². The number of methoxy groups -OCH3 is 1. The summed E-state index contributed by atoms with van der Waals surface area (Å²) in [6.07, 6.45) is 3.33. The predicted molar refractivity (Wildman–Crippen MR) is 104 cm³/mol. The summed E-state index contributed by atoms with van der Waals surface area (Å²) in [6, 6.07) is 7.05. The van der Waals surface area contributed by atoms with Gasteiger partial charge in [0.05, 0.1) is 18.1 Å². The summed E-state index contributed by atoms with van der Waals surface area (Å²) < 4.78 is 10.7. The number of benzene rings is 1. The zero-order chi connectivity index (χ0) is 19.6. The molecular weight excluding hydrogens is 350 g/mol. The molecule has 2 aromatic rings. The fourth-order valence-electron chi connectivity index (χ4n) is 2.38. The number of hydrogen-bond donors (Lipinski definition) is 2. The molecule has 27 heavy (non-hydrogen) atoms. The zero-order valence-electron chi connectivity index (χ0n) is 15.8. The second-order valence-electron chi connectivity index (χ2n) is 6.03. The molecule has 2 rings (SSSR count). The molecule has 0 aliphatic carbocycles. The number of unbranched alkanes of at least 4 members (excludes halogenated alkanes) is 1. The Morgan fingerprint density at radius 1 is 1.22 bits per heavy atom. The van der Waals surface area contributed by atoms with Crippen LogP contribution in [0, 0.1) is 10.1 Å². The highest BCUT2D eigenvalue weighted by molar-refractivity contribution is 5.74. The summed E-state index contributed by atoms with van der Waals surface area (Å²) in [5, 5.41) is 17.5. The lowest BCUT2D eigenvalue weighted by molar-refractivity contribution is -0.383. The Kier molecular flexibility index (Phi) is 7.75. The first-order valence-corrected chi connectivity index (χ1v) is 8.79. The molecule has 1 aromatic carbocycles. The van der Waals surface area contributed by atoms with E-state index in [1.807, 2.05) is 19.1 Å². The standard InChI is InChI=1S/C18H25N5O4/c1-4-5-10-27-15-8-6-14(7-9-15)22-18-16(23(24)25)17(19-12-20-18)21-13(2)11-26-3/h6-9,12-13H,4-5,10-11H2,1-3H3,(H2,19,20,21,22). The predicted octanol–water partition coefficient (Wildman–Crippen LogP) is 3.75. The summed E-state index contributed by atoms with van der Waals surface area (Å²) in [6.45, 7) is 5.00. The third-order valence-electron chi connectivity index (χ3n) is 3.69. The summed E-state index contributed by atoms with van der Waals surface area (Å²) in [4.78, 5) is 19.1. The van der Waals surface area contributed by atoms with Gasteiger partial charge in [0.15, 0.2) is 0 Å². The molecule has 0 spiro atoms. The van der Waals surface area contributed by atoms with Gasteiger partial charge in [0.1, 0.15) is 12.1 Å². The highest BCUT2D eigenvalue weighted by Gasteiger charge is 2.24. The van der Waals surface area contributed by atoms with Crippen LogP contribution in [0.25, 0.3) is 0 Å². The molecule has 0 aliphatic rings. The monoisotopic (exact) mass is 375 g/mol. The second kappa shape index (κ2) is 10.3. The SMILES string of the molecule is CCCCOc1ccc(Nc2ncnc(NC(C)COC)c2[N+](=O)[O-])cc1. The van der Waals surface area contributed by atoms with E-state index >= 15 is 0 Å². The van der Waals surface area contributed by atoms with Gasteiger partial charge in [-0.2, -0.15) is 0 Å². The maximum atomic E-state index is 11.6. The maximum absolute atomic E-state index is 11.6. The smallest absolute Gasteiger partial charge is 0.353 e. The largest absolute Gasteiger partial charge is 0.494 e. The van der Waals surface area contributed by atoms with Crippen molar-refractivity contribution < 1.29 is 14.4 Å². The van der Waals surface area contributed by atoms with Crippen LogP contribution in [0.3, 0.4) is 0 Å². The van der Waals surface area contributed by atoms with E-state index < -0.39 is 4.92 Å². The lowest BCUT2D eigenvalue weighted by Gasteiger charge is -2.14. The molecular formula is C18H25N5O4. The van der Waals surface area contributed by atoms with Gasteiger partial charge in [-0.1, -0.05) is 13.3 Å². The van der Waals surface area contributed by atoms with Crippen LogP contribution in [-0.2, 0) is 4.74 Å². The van der Waals surface area contributed by atoms with Crippen molar-refractivity contribution in [2.24, 2.45) is 0 Å². The van der Waals surface area contributed by atoms with Crippen molar-refractivity contribution in [2.45, 2.75) is 32.7 Å². The van der Waals surface area contributed by atoms with Crippen molar-refractivity contribution in [3.8, 4) is 5.75 Å². The van der Waals surface area contributed by atoms with Crippen molar-refractivity contribution in [1.29, 1.82) is 0 Å². The Morgan fingerprint density at radius 3 is 2.56 bits per heavy atom. The van der Waals surface area contributed by atoms with E-state index in [-0.39, 0.29) is 23.4 Å². The molecule has 0 fully saturated rings. The number of ether oxygens (including phenoxy) is 2. The van der Waals surface area contributed by atoms with Crippen LogP contribution in [0.5, 0.6) is 5.75 Å². The number of anilines is 3. The van der Waals surface area contributed by atoms with E-state index in [1.165, 1.54) is 6.33 Å². The Labute approximate surface area is 158 Å². The summed E-state index contributed by atoms with van der Waals surface area (Å²) in [5.74, 6) is 1.00. The van der Waals surface area contributed by atoms with E-state index in [0.717, 1.165) is 18.6 Å². The van der Waals surface area contributed by atoms with Gasteiger partial charge in [-0.05, 0) is 37.6 Å². The lowest BCUT2D eigenvalue weighted by Crippen LogP contribution is -2.22. The third-order valence-corrected chi connectivity index (χ3v) is 3.69.